The summed E-state index contributed by atoms with van der Waals surface area (Å²) in [4.78, 5) is 0.121. The van der Waals surface area contributed by atoms with E-state index in [2.05, 4.69) is 0 Å². The summed E-state index contributed by atoms with van der Waals surface area (Å²) in [7, 11) is -1.92. The van der Waals surface area contributed by atoms with Gasteiger partial charge in [-0.15, -0.1) is 0 Å². The van der Waals surface area contributed by atoms with E-state index in [1.165, 1.54) is 22.5 Å². The van der Waals surface area contributed by atoms with Gasteiger partial charge in [-0.25, -0.2) is 12.7 Å². The Morgan fingerprint density at radius 1 is 1.47 bits per heavy atom. The highest BCUT2D eigenvalue weighted by Crippen LogP contribution is 2.31. The van der Waals surface area contributed by atoms with Gasteiger partial charge in [0.1, 0.15) is 5.75 Å². The number of aromatic hydroxyl groups is 1. The molecular formula is C11H16N2O3S. The van der Waals surface area contributed by atoms with Crippen molar-refractivity contribution in [3.05, 3.63) is 18.2 Å². The standard InChI is InChI=1S/C11H16N2O3S/c1-13(7-8-2-3-8)17(15,16)9-4-5-11(14)10(12)6-9/h4-6,8,14H,2-3,7,12H2,1H3. The molecule has 0 bridgehead atoms. The van der Waals surface area contributed by atoms with Crippen molar-refractivity contribution in [3.63, 3.8) is 0 Å². The highest BCUT2D eigenvalue weighted by molar-refractivity contribution is 7.89. The second kappa shape index (κ2) is 4.19. The van der Waals surface area contributed by atoms with Crippen molar-refractivity contribution in [2.45, 2.75) is 17.7 Å². The lowest BCUT2D eigenvalue weighted by Gasteiger charge is -2.17. The normalized spacial score (nSPS) is 16.4. The Bertz CT molecular complexity index is 524. The molecule has 1 aliphatic rings. The molecule has 0 saturated heterocycles. The first-order valence-electron chi connectivity index (χ1n) is 5.46. The van der Waals surface area contributed by atoms with E-state index in [-0.39, 0.29) is 16.3 Å². The number of hydrogen-bond acceptors (Lipinski definition) is 4. The van der Waals surface area contributed by atoms with Crippen molar-refractivity contribution < 1.29 is 13.5 Å². The van der Waals surface area contributed by atoms with E-state index in [0.717, 1.165) is 12.8 Å². The maximum Gasteiger partial charge on any atom is 0.242 e. The van der Waals surface area contributed by atoms with Crippen LogP contribution in [0.3, 0.4) is 0 Å². The average Bonchev–Trinajstić information content (AvgIpc) is 3.05. The summed E-state index contributed by atoms with van der Waals surface area (Å²) in [5, 5.41) is 9.27. The summed E-state index contributed by atoms with van der Waals surface area (Å²) < 4.78 is 25.6. The van der Waals surface area contributed by atoms with Gasteiger partial charge in [0.15, 0.2) is 0 Å². The number of nitrogens with two attached hydrogens (primary N) is 1. The number of phenols is 1. The van der Waals surface area contributed by atoms with Gasteiger partial charge in [-0.3, -0.25) is 0 Å². The largest absolute Gasteiger partial charge is 0.506 e. The van der Waals surface area contributed by atoms with E-state index in [1.54, 1.807) is 7.05 Å². The highest BCUT2D eigenvalue weighted by atomic mass is 32.2. The lowest BCUT2D eigenvalue weighted by atomic mass is 10.3. The molecule has 0 atom stereocenters. The van der Waals surface area contributed by atoms with Crippen molar-refractivity contribution in [2.75, 3.05) is 19.3 Å². The third-order valence-corrected chi connectivity index (χ3v) is 4.74. The Hall–Kier alpha value is -1.27. The van der Waals surface area contributed by atoms with Gasteiger partial charge in [-0.1, -0.05) is 0 Å². The summed E-state index contributed by atoms with van der Waals surface area (Å²) in [6, 6.07) is 3.95. The Morgan fingerprint density at radius 2 is 2.12 bits per heavy atom. The van der Waals surface area contributed by atoms with Crippen molar-refractivity contribution in [1.29, 1.82) is 0 Å². The molecule has 0 aromatic heterocycles. The van der Waals surface area contributed by atoms with Crippen LogP contribution in [0.15, 0.2) is 23.1 Å². The maximum atomic E-state index is 12.1. The molecule has 1 aliphatic carbocycles. The third kappa shape index (κ3) is 2.53. The van der Waals surface area contributed by atoms with Crippen LogP contribution in [-0.2, 0) is 10.0 Å². The second-order valence-electron chi connectivity index (χ2n) is 4.45. The minimum Gasteiger partial charge on any atom is -0.506 e. The first-order chi connectivity index (χ1) is 7.91. The van der Waals surface area contributed by atoms with Crippen molar-refractivity contribution in [3.8, 4) is 5.75 Å². The number of nitrogens with zero attached hydrogens (tertiary/aromatic N) is 1. The molecule has 6 heteroatoms. The van der Waals surface area contributed by atoms with Gasteiger partial charge in [0.05, 0.1) is 10.6 Å². The highest BCUT2D eigenvalue weighted by Gasteiger charge is 2.29. The third-order valence-electron chi connectivity index (χ3n) is 2.92. The molecule has 94 valence electrons. The summed E-state index contributed by atoms with van der Waals surface area (Å²) in [5.41, 5.74) is 5.57. The predicted molar refractivity (Wildman–Crippen MR) is 65.1 cm³/mol. The number of phenolic OH excluding ortho intramolecular Hbond substituents is 1. The molecule has 1 fully saturated rings. The predicted octanol–water partition coefficient (Wildman–Crippen LogP) is 1.00. The summed E-state index contributed by atoms with van der Waals surface area (Å²) in [6.45, 7) is 0.545. The lowest BCUT2D eigenvalue weighted by Crippen LogP contribution is -2.28. The molecule has 2 rings (SSSR count). The fourth-order valence-electron chi connectivity index (χ4n) is 1.64. The number of sulfonamides is 1. The van der Waals surface area contributed by atoms with E-state index < -0.39 is 10.0 Å². The lowest BCUT2D eigenvalue weighted by molar-refractivity contribution is 0.452. The smallest absolute Gasteiger partial charge is 0.242 e. The van der Waals surface area contributed by atoms with E-state index in [9.17, 15) is 13.5 Å². The van der Waals surface area contributed by atoms with Crippen molar-refractivity contribution >= 4 is 15.7 Å². The van der Waals surface area contributed by atoms with Crippen molar-refractivity contribution in [2.24, 2.45) is 5.92 Å². The van der Waals surface area contributed by atoms with Crippen LogP contribution in [0.2, 0.25) is 0 Å². The Morgan fingerprint density at radius 3 is 2.65 bits per heavy atom. The monoisotopic (exact) mass is 256 g/mol. The first kappa shape index (κ1) is 12.2. The molecule has 1 saturated carbocycles. The summed E-state index contributed by atoms with van der Waals surface area (Å²) in [5.74, 6) is 0.387. The van der Waals surface area contributed by atoms with Gasteiger partial charge < -0.3 is 10.8 Å². The molecular weight excluding hydrogens is 240 g/mol. The van der Waals surface area contributed by atoms with Gasteiger partial charge in [-0.2, -0.15) is 0 Å². The van der Waals surface area contributed by atoms with Gasteiger partial charge in [0.25, 0.3) is 0 Å². The number of benzene rings is 1. The van der Waals surface area contributed by atoms with Gasteiger partial charge >= 0.3 is 0 Å². The maximum absolute atomic E-state index is 12.1. The van der Waals surface area contributed by atoms with E-state index in [1.807, 2.05) is 0 Å². The van der Waals surface area contributed by atoms with E-state index in [4.69, 9.17) is 5.73 Å². The van der Waals surface area contributed by atoms with Crippen LogP contribution in [0.25, 0.3) is 0 Å². The molecule has 3 N–H and O–H groups in total. The van der Waals surface area contributed by atoms with Gasteiger partial charge in [0.2, 0.25) is 10.0 Å². The molecule has 0 aliphatic heterocycles. The molecule has 0 amide bonds. The summed E-state index contributed by atoms with van der Waals surface area (Å²) in [6.07, 6.45) is 2.19. The number of hydrogen-bond donors (Lipinski definition) is 2. The number of anilines is 1. The first-order valence-corrected chi connectivity index (χ1v) is 6.90. The molecule has 0 unspecified atom stereocenters. The Kier molecular flexibility index (Phi) is 3.01. The Balaban J connectivity index is 2.26. The van der Waals surface area contributed by atoms with E-state index >= 15 is 0 Å². The van der Waals surface area contributed by atoms with Crippen LogP contribution in [0.4, 0.5) is 5.69 Å². The van der Waals surface area contributed by atoms with Gasteiger partial charge in [-0.05, 0) is 37.0 Å². The summed E-state index contributed by atoms with van der Waals surface area (Å²) >= 11 is 0. The Labute approximate surface area is 101 Å². The topological polar surface area (TPSA) is 83.6 Å². The zero-order chi connectivity index (χ0) is 12.6. The molecule has 17 heavy (non-hydrogen) atoms. The van der Waals surface area contributed by atoms with Crippen LogP contribution in [0.5, 0.6) is 5.75 Å². The fraction of sp³-hybridized carbons (Fsp3) is 0.455. The zero-order valence-electron chi connectivity index (χ0n) is 9.63. The van der Waals surface area contributed by atoms with E-state index in [0.29, 0.717) is 12.5 Å². The molecule has 1 aromatic rings. The SMILES string of the molecule is CN(CC1CC1)S(=O)(=O)c1ccc(O)c(N)c1. The fourth-order valence-corrected chi connectivity index (χ4v) is 2.92. The van der Waals surface area contributed by atoms with Crippen molar-refractivity contribution in [1.82, 2.24) is 4.31 Å². The number of rotatable bonds is 4. The van der Waals surface area contributed by atoms with Crippen LogP contribution >= 0.6 is 0 Å². The van der Waals surface area contributed by atoms with Crippen LogP contribution in [0.1, 0.15) is 12.8 Å². The molecule has 0 heterocycles. The zero-order valence-corrected chi connectivity index (χ0v) is 10.4. The second-order valence-corrected chi connectivity index (χ2v) is 6.49. The van der Waals surface area contributed by atoms with Crippen LogP contribution < -0.4 is 5.73 Å². The average molecular weight is 256 g/mol. The van der Waals surface area contributed by atoms with Crippen LogP contribution in [0, 0.1) is 5.92 Å². The molecule has 0 radical (unpaired) electrons. The molecule has 1 aromatic carbocycles. The minimum absolute atomic E-state index is 0.0749. The molecule has 0 spiro atoms. The van der Waals surface area contributed by atoms with Crippen LogP contribution in [-0.4, -0.2) is 31.4 Å². The molecule has 5 nitrogen and oxygen atoms in total. The number of nitrogen functional groups attached to an aromatic ring is 1. The van der Waals surface area contributed by atoms with Gasteiger partial charge in [0, 0.05) is 13.6 Å². The minimum atomic E-state index is -3.49. The quantitative estimate of drug-likeness (QED) is 0.622.